The maximum atomic E-state index is 14.8. The van der Waals surface area contributed by atoms with Crippen LogP contribution in [0.25, 0.3) is 31.5 Å². The molecule has 0 aliphatic carbocycles. The molecule has 136 heavy (non-hydrogen) atoms. The molecule has 0 aliphatic heterocycles. The van der Waals surface area contributed by atoms with Gasteiger partial charge in [0.15, 0.2) is 0 Å². The van der Waals surface area contributed by atoms with E-state index in [-0.39, 0.29) is 104 Å². The molecule has 0 fully saturated rings. The van der Waals surface area contributed by atoms with E-state index in [2.05, 4.69) is 88.7 Å². The molecule has 9 aromatic carbocycles. The van der Waals surface area contributed by atoms with E-state index in [0.717, 1.165) is 55.8 Å². The highest BCUT2D eigenvalue weighted by atomic mass is 79.9. The molecule has 2 aromatic heterocycles. The van der Waals surface area contributed by atoms with Crippen LogP contribution in [0.1, 0.15) is 169 Å². The lowest BCUT2D eigenvalue weighted by atomic mass is 10.1. The molecular weight excluding hydrogens is 2020 g/mol. The van der Waals surface area contributed by atoms with E-state index in [4.69, 9.17) is 52.6 Å². The average molecular weight is 2140 g/mol. The second-order valence-corrected chi connectivity index (χ2v) is 37.7. The minimum absolute atomic E-state index is 0. The monoisotopic (exact) mass is 2130 g/mol. The number of benzene rings is 9. The molecule has 4 amide bonds. The third kappa shape index (κ3) is 37.6. The van der Waals surface area contributed by atoms with E-state index in [1.54, 1.807) is 165 Å². The van der Waals surface area contributed by atoms with Gasteiger partial charge in [-0.3, -0.25) is 4.98 Å². The normalized spacial score (nSPS) is 10.7. The van der Waals surface area contributed by atoms with Crippen molar-refractivity contribution in [1.29, 1.82) is 10.5 Å². The Morgan fingerprint density at radius 3 is 1.21 bits per heavy atom. The number of aryl methyl sites for hydroxylation is 4. The van der Waals surface area contributed by atoms with Crippen molar-refractivity contribution < 1.29 is 83.4 Å². The Bertz CT molecular complexity index is 6180. The molecule has 4 N–H and O–H groups in total. The summed E-state index contributed by atoms with van der Waals surface area (Å²) in [6.07, 6.45) is -2.19. The third-order valence-electron chi connectivity index (χ3n) is 18.2. The molecule has 0 atom stereocenters. The lowest BCUT2D eigenvalue weighted by Crippen LogP contribution is -2.34. The van der Waals surface area contributed by atoms with Crippen molar-refractivity contribution in [3.8, 4) is 29.4 Å². The summed E-state index contributed by atoms with van der Waals surface area (Å²) < 4.78 is 130. The van der Waals surface area contributed by atoms with Crippen LogP contribution in [0.15, 0.2) is 171 Å². The predicted molar refractivity (Wildman–Crippen MR) is 530 cm³/mol. The molecule has 0 unspecified atom stereocenters. The van der Waals surface area contributed by atoms with Crippen molar-refractivity contribution in [3.63, 3.8) is 0 Å². The zero-order valence-electron chi connectivity index (χ0n) is 78.9. The molecule has 0 aliphatic rings. The summed E-state index contributed by atoms with van der Waals surface area (Å²) in [6.45, 7) is 43.4. The molecule has 23 nitrogen and oxygen atoms in total. The van der Waals surface area contributed by atoms with E-state index in [1.165, 1.54) is 71.1 Å². The molecule has 34 heteroatoms. The Hall–Kier alpha value is -12.6. The minimum atomic E-state index is -0.742. The number of fused-ring (bicyclic) bond motifs is 2. The number of phenols is 1. The Kier molecular flexibility index (Phi) is 45.2. The number of ether oxygens (including phenoxy) is 6. The molecule has 0 bridgehead atoms. The molecule has 0 radical (unpaired) electrons. The Balaban J connectivity index is 0.000000342. The van der Waals surface area contributed by atoms with E-state index >= 15 is 0 Å². The highest BCUT2D eigenvalue weighted by Crippen LogP contribution is 2.33. The third-order valence-corrected chi connectivity index (χ3v) is 20.6. The van der Waals surface area contributed by atoms with Crippen molar-refractivity contribution >= 4 is 127 Å². The SMILES string of the molecule is C.CN(Cc1cccc(Br)c1F)C(=O)OC(C)(C)C.CNCc1cc(OCc2ccc3c(C)cc(N)nc3c2)cc(C#N)c1F.Cc1cc(C)c2ccc(COc3cc(C#N)c(F)c(CN(C)C(=O)OC(C)(C)C)c3)cc2n1.Cc1cccc(Br)c1F.Fc1c(Br)cccc1CBr.[C-]#[N+]c1cc(O)cc(CN(C)C(=O)OC(C)(C)C)c1F.[C-]#[N+]c1cccc(CN(C)C(=O)OC(C)(C)C)c1F. The summed E-state index contributed by atoms with van der Waals surface area (Å²) in [5, 5.41) is 33.5. The Morgan fingerprint density at radius 2 is 0.809 bits per heavy atom. The smallest absolute Gasteiger partial charge is 0.410 e. The summed E-state index contributed by atoms with van der Waals surface area (Å²) >= 11 is 12.5. The van der Waals surface area contributed by atoms with Crippen molar-refractivity contribution in [1.82, 2.24) is 34.9 Å². The number of nitrogen functional groups attached to an aromatic ring is 1. The van der Waals surface area contributed by atoms with Gasteiger partial charge in [-0.05, 0) is 271 Å². The number of nitrogens with zero attached hydrogens (tertiary/aromatic N) is 10. The number of amides is 4. The van der Waals surface area contributed by atoms with E-state index in [1.807, 2.05) is 93.6 Å². The number of aromatic nitrogens is 2. The van der Waals surface area contributed by atoms with Gasteiger partial charge in [0, 0.05) is 90.9 Å². The number of phenolic OH excluding ortho intramolecular Hbond substituents is 1. The molecule has 11 rings (SSSR count). The van der Waals surface area contributed by atoms with Crippen LogP contribution in [0.2, 0.25) is 0 Å². The first-order valence-corrected chi connectivity index (χ1v) is 45.0. The lowest BCUT2D eigenvalue weighted by Gasteiger charge is -2.25. The van der Waals surface area contributed by atoms with Gasteiger partial charge in [0.2, 0.25) is 11.4 Å². The first-order chi connectivity index (χ1) is 63.0. The first-order valence-electron chi connectivity index (χ1n) is 41.5. The molecule has 0 saturated carbocycles. The largest absolute Gasteiger partial charge is 0.509 e. The van der Waals surface area contributed by atoms with Gasteiger partial charge >= 0.3 is 24.4 Å². The second-order valence-electron chi connectivity index (χ2n) is 34.6. The maximum absolute atomic E-state index is 14.8. The number of hydrogen-bond donors (Lipinski definition) is 3. The first kappa shape index (κ1) is 116. The van der Waals surface area contributed by atoms with Crippen molar-refractivity contribution in [2.24, 2.45) is 0 Å². The number of carbonyl (C=O) groups is 4. The Morgan fingerprint density at radius 1 is 0.449 bits per heavy atom. The minimum Gasteiger partial charge on any atom is -0.509 e. The quantitative estimate of drug-likeness (QED) is 0.0331. The second kappa shape index (κ2) is 53.1. The molecule has 11 aromatic rings. The van der Waals surface area contributed by atoms with Crippen molar-refractivity contribution in [2.75, 3.05) is 41.0 Å². The van der Waals surface area contributed by atoms with Crippen LogP contribution in [-0.4, -0.2) is 117 Å². The number of pyridine rings is 2. The van der Waals surface area contributed by atoms with Gasteiger partial charge in [0.1, 0.15) is 112 Å². The van der Waals surface area contributed by atoms with Crippen LogP contribution in [0.3, 0.4) is 0 Å². The number of hydrogen-bond acceptors (Lipinski definition) is 17. The van der Waals surface area contributed by atoms with Crippen LogP contribution >= 0.6 is 63.7 Å². The van der Waals surface area contributed by atoms with E-state index < -0.39 is 70.0 Å². The van der Waals surface area contributed by atoms with Gasteiger partial charge in [0.25, 0.3) is 0 Å². The van der Waals surface area contributed by atoms with Gasteiger partial charge in [0.05, 0.1) is 74.9 Å². The van der Waals surface area contributed by atoms with Gasteiger partial charge in [-0.25, -0.2) is 64.6 Å². The average Bonchev–Trinajstić information content (AvgIpc) is 0.809. The number of nitrogens with one attached hydrogen (secondary N) is 1. The number of alkyl halides is 1. The molecular formula is C102H113Br4F7N12O11. The molecule has 2 heterocycles. The standard InChI is InChI=1S/C26H28FN3O3.C20H19FN4O.C14H17FN2O3.C14H17FN2O2.C13H17BrFNO2.C7H5Br2F.C7H6BrF.CH4/c1-16-9-17(2)29-23-10-18(7-8-22(16)23)15-32-21-11-19(13-28)24(27)20(12-21)14-30(6)25(31)33-26(3,4)5;1-12-5-19(23)25-18-6-13(3-4-17(12)18)11-26-16-7-14(9-22)20(21)15(8-16)10-24-2;1-14(2,3)20-13(19)17(5)8-9-6-10(18)7-11(16-4)12(9)15;1-14(2,3)19-13(18)17(5)9-10-7-6-8-11(16-4)12(10)15;1-13(2,3)18-12(17)16(4)8-9-6-5-7-10(14)11(9)15;8-4-5-2-1-3-6(9)7(5)10;1-5-3-2-4-6(8)7(5)9;/h7-12H,14-15H2,1-6H3;3-8,24H,10-11H2,1-2H3,(H2,23,25);6-7,18H,8H2,1-3,5H3;6-8H,9H2,1-3,5H3;5-7H,8H2,1-4H3;1-3H,4H2;2-4H,1H3;1H4. The molecule has 0 saturated heterocycles. The van der Waals surface area contributed by atoms with Gasteiger partial charge in [-0.2, -0.15) is 10.5 Å². The maximum Gasteiger partial charge on any atom is 0.410 e. The molecule has 724 valence electrons. The highest BCUT2D eigenvalue weighted by molar-refractivity contribution is 9.11. The van der Waals surface area contributed by atoms with Crippen LogP contribution in [0.5, 0.6) is 17.2 Å². The fourth-order valence-electron chi connectivity index (χ4n) is 11.9. The van der Waals surface area contributed by atoms with Crippen LogP contribution in [-0.2, 0) is 70.2 Å². The van der Waals surface area contributed by atoms with E-state index in [9.17, 15) is 60.3 Å². The number of anilines is 1. The van der Waals surface area contributed by atoms with Crippen molar-refractivity contribution in [3.05, 3.63) is 313 Å². The fraction of sp³-hybridized carbons (Fsp3) is 0.333. The summed E-state index contributed by atoms with van der Waals surface area (Å²) in [5.74, 6) is -2.19. The van der Waals surface area contributed by atoms with Gasteiger partial charge < -0.3 is 64.2 Å². The Labute approximate surface area is 825 Å². The number of carbonyl (C=O) groups excluding carboxylic acids is 4. The summed E-state index contributed by atoms with van der Waals surface area (Å²) in [5.41, 5.74) is 12.2. The zero-order valence-corrected chi connectivity index (χ0v) is 85.2. The lowest BCUT2D eigenvalue weighted by molar-refractivity contribution is 0.0273. The molecule has 0 spiro atoms. The zero-order chi connectivity index (χ0) is 101. The summed E-state index contributed by atoms with van der Waals surface area (Å²) in [4.78, 5) is 67.6. The number of aromatic hydroxyl groups is 1. The van der Waals surface area contributed by atoms with Crippen LogP contribution < -0.4 is 20.5 Å². The summed E-state index contributed by atoms with van der Waals surface area (Å²) in [6, 6.07) is 47.5. The van der Waals surface area contributed by atoms with Crippen LogP contribution in [0.4, 0.5) is 67.1 Å². The number of rotatable bonds is 17. The van der Waals surface area contributed by atoms with E-state index in [0.29, 0.717) is 70.4 Å². The number of nitriles is 2. The van der Waals surface area contributed by atoms with Gasteiger partial charge in [-0.1, -0.05) is 102 Å². The number of nitrogens with two attached hydrogens (primary N) is 1. The van der Waals surface area contributed by atoms with Crippen molar-refractivity contribution in [2.45, 2.75) is 192 Å². The highest BCUT2D eigenvalue weighted by Gasteiger charge is 2.27. The van der Waals surface area contributed by atoms with Gasteiger partial charge in [-0.15, -0.1) is 0 Å². The summed E-state index contributed by atoms with van der Waals surface area (Å²) in [7, 11) is 7.79. The van der Waals surface area contributed by atoms with Crippen LogP contribution in [0, 0.1) is 104 Å². The number of halogens is 11. The topological polar surface area (TPSA) is 277 Å². The predicted octanol–water partition coefficient (Wildman–Crippen LogP) is 27.4. The fourth-order valence-corrected chi connectivity index (χ4v) is 13.6.